The molecule has 0 spiro atoms. The number of rotatable bonds is 5. The van der Waals surface area contributed by atoms with Crippen LogP contribution in [-0.2, 0) is 19.4 Å². The highest BCUT2D eigenvalue weighted by molar-refractivity contribution is 5.29. The summed E-state index contributed by atoms with van der Waals surface area (Å²) in [5.74, 6) is 2.71. The van der Waals surface area contributed by atoms with Crippen molar-refractivity contribution < 1.29 is 0 Å². The van der Waals surface area contributed by atoms with Gasteiger partial charge in [0.1, 0.15) is 0 Å². The maximum atomic E-state index is 2.60. The van der Waals surface area contributed by atoms with E-state index < -0.39 is 0 Å². The predicted octanol–water partition coefficient (Wildman–Crippen LogP) is 9.45. The Labute approximate surface area is 263 Å². The molecule has 0 unspecified atom stereocenters. The number of hydrogen-bond acceptors (Lipinski definition) is 3. The highest BCUT2D eigenvalue weighted by Gasteiger charge is 2.23. The quantitative estimate of drug-likeness (QED) is 0.349. The van der Waals surface area contributed by atoms with E-state index in [2.05, 4.69) is 125 Å². The van der Waals surface area contributed by atoms with Crippen molar-refractivity contribution in [3.8, 4) is 0 Å². The van der Waals surface area contributed by atoms with E-state index in [4.69, 9.17) is 0 Å². The first-order chi connectivity index (χ1) is 19.1. The summed E-state index contributed by atoms with van der Waals surface area (Å²) < 4.78 is 0. The van der Waals surface area contributed by atoms with Gasteiger partial charge in [0.2, 0.25) is 0 Å². The van der Waals surface area contributed by atoms with Crippen LogP contribution in [-0.4, -0.2) is 65.5 Å². The Bertz CT molecular complexity index is 935. The summed E-state index contributed by atoms with van der Waals surface area (Å²) in [7, 11) is 0. The molecule has 2 aromatic rings. The molecule has 0 radical (unpaired) electrons. The summed E-state index contributed by atoms with van der Waals surface area (Å²) in [5.41, 5.74) is 4.56. The van der Waals surface area contributed by atoms with E-state index in [1.54, 1.807) is 5.56 Å². The molecule has 42 heavy (non-hydrogen) atoms. The van der Waals surface area contributed by atoms with Gasteiger partial charge in [-0.3, -0.25) is 4.90 Å². The summed E-state index contributed by atoms with van der Waals surface area (Å²) in [6, 6.07) is 21.8. The van der Waals surface area contributed by atoms with Crippen LogP contribution in [0.25, 0.3) is 0 Å². The third-order valence-corrected chi connectivity index (χ3v) is 9.26. The summed E-state index contributed by atoms with van der Waals surface area (Å²) >= 11 is 0. The fraction of sp³-hybridized carbons (Fsp3) is 0.692. The second-order valence-electron chi connectivity index (χ2n) is 13.8. The molecule has 3 nitrogen and oxygen atoms in total. The molecule has 3 heteroatoms. The fourth-order valence-electron chi connectivity index (χ4n) is 6.71. The molecule has 2 aromatic carbocycles. The van der Waals surface area contributed by atoms with Gasteiger partial charge in [-0.15, -0.1) is 0 Å². The molecule has 3 aliphatic rings. The lowest BCUT2D eigenvalue weighted by Gasteiger charge is -2.37. The molecule has 2 atom stereocenters. The lowest BCUT2D eigenvalue weighted by molar-refractivity contribution is 0.111. The molecule has 0 saturated carbocycles. The standard InChI is InChI=1S/C15H23N.C12H17N.C10H21N.2CH4/c1-13(2)16-10-8-15(9-11-16)12-14-6-4-3-5-7-14;1-10(2)13-8-7-11-5-3-4-6-12(11)9-13;1-8(2)11-6-9(3)5-10(4)7-11;;/h3-7,13,15H,8-12H2,1-2H3;3-6,10H,7-9H2,1-2H3;8-10H,5-7H2,1-4H3;2*1H4/t;;9-,10+;;. The average molecular weight is 580 g/mol. The van der Waals surface area contributed by atoms with Gasteiger partial charge < -0.3 is 9.80 Å². The maximum absolute atomic E-state index is 2.60. The minimum Gasteiger partial charge on any atom is -0.301 e. The van der Waals surface area contributed by atoms with Crippen molar-refractivity contribution in [1.29, 1.82) is 0 Å². The molecule has 3 aliphatic heterocycles. The Morgan fingerprint density at radius 2 is 1.12 bits per heavy atom. The summed E-state index contributed by atoms with van der Waals surface area (Å²) in [5, 5.41) is 0. The van der Waals surface area contributed by atoms with E-state index in [-0.39, 0.29) is 14.9 Å². The van der Waals surface area contributed by atoms with Crippen LogP contribution in [0.1, 0.15) is 106 Å². The van der Waals surface area contributed by atoms with Crippen LogP contribution in [0.15, 0.2) is 54.6 Å². The van der Waals surface area contributed by atoms with E-state index >= 15 is 0 Å². The topological polar surface area (TPSA) is 9.72 Å². The summed E-state index contributed by atoms with van der Waals surface area (Å²) in [6.45, 7) is 26.0. The van der Waals surface area contributed by atoms with E-state index in [1.165, 1.54) is 76.0 Å². The van der Waals surface area contributed by atoms with Gasteiger partial charge in [0, 0.05) is 44.3 Å². The molecule has 3 heterocycles. The number of benzene rings is 2. The van der Waals surface area contributed by atoms with Crippen LogP contribution in [0.5, 0.6) is 0 Å². The number of nitrogens with zero attached hydrogens (tertiary/aromatic N) is 3. The fourth-order valence-corrected chi connectivity index (χ4v) is 6.71. The molecule has 2 saturated heterocycles. The first kappa shape index (κ1) is 38.3. The highest BCUT2D eigenvalue weighted by Crippen LogP contribution is 2.23. The van der Waals surface area contributed by atoms with Gasteiger partial charge in [0.25, 0.3) is 0 Å². The first-order valence-corrected chi connectivity index (χ1v) is 16.4. The van der Waals surface area contributed by atoms with Crippen LogP contribution < -0.4 is 0 Å². The van der Waals surface area contributed by atoms with Crippen LogP contribution in [0.3, 0.4) is 0 Å². The molecule has 0 aliphatic carbocycles. The monoisotopic (exact) mass is 580 g/mol. The Morgan fingerprint density at radius 1 is 0.619 bits per heavy atom. The zero-order valence-electron chi connectivity index (χ0n) is 27.3. The Balaban J connectivity index is 0.000000313. The number of fused-ring (bicyclic) bond motifs is 1. The third-order valence-electron chi connectivity index (χ3n) is 9.26. The molecule has 5 rings (SSSR count). The maximum Gasteiger partial charge on any atom is 0.0239 e. The van der Waals surface area contributed by atoms with Crippen molar-refractivity contribution in [1.82, 2.24) is 14.7 Å². The average Bonchev–Trinajstić information content (AvgIpc) is 2.94. The van der Waals surface area contributed by atoms with Crippen molar-refractivity contribution in [3.63, 3.8) is 0 Å². The van der Waals surface area contributed by atoms with Crippen LogP contribution >= 0.6 is 0 Å². The lowest BCUT2D eigenvalue weighted by Crippen LogP contribution is -2.42. The van der Waals surface area contributed by atoms with E-state index in [1.807, 2.05) is 0 Å². The number of hydrogen-bond donors (Lipinski definition) is 0. The molecular formula is C39H69N3. The zero-order valence-corrected chi connectivity index (χ0v) is 27.3. The first-order valence-electron chi connectivity index (χ1n) is 16.4. The number of likely N-dealkylation sites (tertiary alicyclic amines) is 2. The van der Waals surface area contributed by atoms with Gasteiger partial charge in [0.05, 0.1) is 0 Å². The smallest absolute Gasteiger partial charge is 0.0239 e. The summed E-state index contributed by atoms with van der Waals surface area (Å²) in [4.78, 5) is 7.72. The molecule has 2 fully saturated rings. The Morgan fingerprint density at radius 3 is 1.64 bits per heavy atom. The molecule has 0 bridgehead atoms. The van der Waals surface area contributed by atoms with Gasteiger partial charge in [0.15, 0.2) is 0 Å². The van der Waals surface area contributed by atoms with E-state index in [0.29, 0.717) is 6.04 Å². The third kappa shape index (κ3) is 12.9. The Hall–Kier alpha value is -1.68. The second kappa shape index (κ2) is 19.6. The van der Waals surface area contributed by atoms with Gasteiger partial charge in [-0.1, -0.05) is 83.3 Å². The van der Waals surface area contributed by atoms with E-state index in [0.717, 1.165) is 36.4 Å². The van der Waals surface area contributed by atoms with Crippen molar-refractivity contribution in [2.75, 3.05) is 32.7 Å². The van der Waals surface area contributed by atoms with Crippen molar-refractivity contribution >= 4 is 0 Å². The largest absolute Gasteiger partial charge is 0.301 e. The van der Waals surface area contributed by atoms with Crippen LogP contribution in [0.4, 0.5) is 0 Å². The van der Waals surface area contributed by atoms with Gasteiger partial charge >= 0.3 is 0 Å². The molecular weight excluding hydrogens is 510 g/mol. The molecule has 240 valence electrons. The molecule has 0 amide bonds. The normalized spacial score (nSPS) is 21.8. The summed E-state index contributed by atoms with van der Waals surface area (Å²) in [6.07, 6.45) is 6.64. The Kier molecular flexibility index (Phi) is 17.9. The van der Waals surface area contributed by atoms with E-state index in [9.17, 15) is 0 Å². The van der Waals surface area contributed by atoms with Crippen LogP contribution in [0.2, 0.25) is 0 Å². The lowest BCUT2D eigenvalue weighted by atomic mass is 9.90. The van der Waals surface area contributed by atoms with Crippen LogP contribution in [0, 0.1) is 17.8 Å². The SMILES string of the molecule is C.C.CC(C)N1CCC(Cc2ccccc2)CC1.CC(C)N1CCc2ccccc2C1.CC(C)N1C[C@H](C)C[C@H](C)C1. The van der Waals surface area contributed by atoms with Gasteiger partial charge in [-0.2, -0.15) is 0 Å². The molecule has 0 N–H and O–H groups in total. The van der Waals surface area contributed by atoms with Gasteiger partial charge in [-0.25, -0.2) is 0 Å². The number of piperidine rings is 2. The predicted molar refractivity (Wildman–Crippen MR) is 188 cm³/mol. The van der Waals surface area contributed by atoms with Crippen molar-refractivity contribution in [3.05, 3.63) is 71.3 Å². The van der Waals surface area contributed by atoms with Crippen molar-refractivity contribution in [2.24, 2.45) is 17.8 Å². The highest BCUT2D eigenvalue weighted by atomic mass is 15.2. The molecule has 0 aromatic heterocycles. The minimum absolute atomic E-state index is 0. The van der Waals surface area contributed by atoms with Crippen molar-refractivity contribution in [2.45, 2.75) is 127 Å². The van der Waals surface area contributed by atoms with Gasteiger partial charge in [-0.05, 0) is 121 Å². The second-order valence-corrected chi connectivity index (χ2v) is 13.8. The minimum atomic E-state index is 0. The zero-order chi connectivity index (χ0) is 29.1.